The van der Waals surface area contributed by atoms with E-state index < -0.39 is 17.8 Å². The Labute approximate surface area is 224 Å². The molecule has 5 aromatic rings. The maximum absolute atomic E-state index is 13.5. The summed E-state index contributed by atoms with van der Waals surface area (Å²) < 4.78 is 49.1. The summed E-state index contributed by atoms with van der Waals surface area (Å²) in [4.78, 5) is 21.1. The number of nitrogens with zero attached hydrogens (tertiary/aromatic N) is 6. The first-order valence-electron chi connectivity index (χ1n) is 11.2. The van der Waals surface area contributed by atoms with Gasteiger partial charge in [-0.2, -0.15) is 22.7 Å². The van der Waals surface area contributed by atoms with Gasteiger partial charge in [0.1, 0.15) is 5.75 Å². The van der Waals surface area contributed by atoms with E-state index in [1.165, 1.54) is 11.6 Å². The van der Waals surface area contributed by atoms with Crippen LogP contribution in [0.25, 0.3) is 22.7 Å². The maximum Gasteiger partial charge on any atom is 0.433 e. The predicted molar refractivity (Wildman–Crippen MR) is 138 cm³/mol. The van der Waals surface area contributed by atoms with Gasteiger partial charge in [-0.3, -0.25) is 4.79 Å². The number of carboxylic acid groups (broad SMARTS) is 1. The molecule has 0 spiro atoms. The highest BCUT2D eigenvalue weighted by Crippen LogP contribution is 2.33. The molecule has 0 atom stereocenters. The van der Waals surface area contributed by atoms with Crippen molar-refractivity contribution in [2.24, 2.45) is 0 Å². The van der Waals surface area contributed by atoms with Crippen LogP contribution in [-0.4, -0.2) is 47.3 Å². The van der Waals surface area contributed by atoms with Crippen LogP contribution in [-0.2, 0) is 11.0 Å². The third-order valence-corrected chi connectivity index (χ3v) is 5.42. The molecule has 0 bridgehead atoms. The SMILES string of the molecule is CC(=O)O.COc1cc(Nc2nc3nc(C(F)(F)F)cc(-c4ccc(Cl)cc4)n3n2)ccc1-n1cnc(C)c1. The number of hydrogen-bond acceptors (Lipinski definition) is 7. The van der Waals surface area contributed by atoms with Gasteiger partial charge < -0.3 is 19.7 Å². The zero-order valence-corrected chi connectivity index (χ0v) is 21.5. The fourth-order valence-corrected chi connectivity index (χ4v) is 3.67. The van der Waals surface area contributed by atoms with Gasteiger partial charge in [-0.1, -0.05) is 23.7 Å². The third-order valence-electron chi connectivity index (χ3n) is 5.17. The third kappa shape index (κ3) is 6.44. The molecule has 0 unspecified atom stereocenters. The van der Waals surface area contributed by atoms with Crippen LogP contribution >= 0.6 is 11.6 Å². The van der Waals surface area contributed by atoms with E-state index in [4.69, 9.17) is 26.2 Å². The number of hydrogen-bond donors (Lipinski definition) is 2. The minimum Gasteiger partial charge on any atom is -0.494 e. The van der Waals surface area contributed by atoms with Gasteiger partial charge in [0, 0.05) is 35.5 Å². The number of ether oxygens (including phenoxy) is 1. The normalized spacial score (nSPS) is 11.2. The second kappa shape index (κ2) is 11.0. The molecule has 3 heterocycles. The summed E-state index contributed by atoms with van der Waals surface area (Å²) in [7, 11) is 1.54. The lowest BCUT2D eigenvalue weighted by Crippen LogP contribution is -2.11. The van der Waals surface area contributed by atoms with Gasteiger partial charge in [0.05, 0.1) is 30.5 Å². The largest absolute Gasteiger partial charge is 0.494 e. The first-order valence-corrected chi connectivity index (χ1v) is 11.6. The van der Waals surface area contributed by atoms with Gasteiger partial charge in [0.25, 0.3) is 11.7 Å². The minimum absolute atomic E-state index is 0.0697. The number of benzene rings is 2. The minimum atomic E-state index is -4.66. The summed E-state index contributed by atoms with van der Waals surface area (Å²) in [5.74, 6) is -0.416. The van der Waals surface area contributed by atoms with Gasteiger partial charge in [0.15, 0.2) is 5.69 Å². The number of carbonyl (C=O) groups is 1. The number of methoxy groups -OCH3 is 1. The molecule has 5 rings (SSSR count). The van der Waals surface area contributed by atoms with Crippen LogP contribution in [0.2, 0.25) is 5.02 Å². The number of fused-ring (bicyclic) bond motifs is 1. The highest BCUT2D eigenvalue weighted by molar-refractivity contribution is 6.30. The lowest BCUT2D eigenvalue weighted by atomic mass is 10.1. The van der Waals surface area contributed by atoms with Crippen LogP contribution in [0.3, 0.4) is 0 Å². The van der Waals surface area contributed by atoms with Gasteiger partial charge in [-0.05, 0) is 37.3 Å². The van der Waals surface area contributed by atoms with Gasteiger partial charge in [-0.25, -0.2) is 9.97 Å². The lowest BCUT2D eigenvalue weighted by Gasteiger charge is -2.11. The molecule has 0 aliphatic rings. The van der Waals surface area contributed by atoms with Gasteiger partial charge in [0.2, 0.25) is 5.95 Å². The Kier molecular flexibility index (Phi) is 7.72. The fourth-order valence-electron chi connectivity index (χ4n) is 3.54. The van der Waals surface area contributed by atoms with E-state index in [-0.39, 0.29) is 17.4 Å². The van der Waals surface area contributed by atoms with Crippen molar-refractivity contribution in [2.45, 2.75) is 20.0 Å². The van der Waals surface area contributed by atoms with Crippen LogP contribution in [0, 0.1) is 6.92 Å². The van der Waals surface area contributed by atoms with Crippen molar-refractivity contribution in [3.63, 3.8) is 0 Å². The smallest absolute Gasteiger partial charge is 0.433 e. The Bertz CT molecular complexity index is 1630. The van der Waals surface area contributed by atoms with Crippen molar-refractivity contribution in [1.82, 2.24) is 29.1 Å². The van der Waals surface area contributed by atoms with E-state index in [1.54, 1.807) is 42.7 Å². The Balaban J connectivity index is 0.000000826. The van der Waals surface area contributed by atoms with Crippen molar-refractivity contribution in [1.29, 1.82) is 0 Å². The summed E-state index contributed by atoms with van der Waals surface area (Å²) in [6.45, 7) is 2.96. The molecular formula is C25H21ClF3N7O3. The molecule has 39 heavy (non-hydrogen) atoms. The van der Waals surface area contributed by atoms with Crippen molar-refractivity contribution >= 4 is 35.0 Å². The lowest BCUT2D eigenvalue weighted by molar-refractivity contribution is -0.141. The number of nitrogens with one attached hydrogen (secondary N) is 1. The molecule has 3 aromatic heterocycles. The van der Waals surface area contributed by atoms with Crippen molar-refractivity contribution in [2.75, 3.05) is 12.4 Å². The second-order valence-electron chi connectivity index (χ2n) is 8.13. The Hall–Kier alpha value is -4.65. The van der Waals surface area contributed by atoms with Crippen LogP contribution in [0.15, 0.2) is 61.1 Å². The molecule has 14 heteroatoms. The Morgan fingerprint density at radius 2 is 1.79 bits per heavy atom. The number of anilines is 2. The van der Waals surface area contributed by atoms with E-state index in [1.807, 2.05) is 23.8 Å². The summed E-state index contributed by atoms with van der Waals surface area (Å²) in [5.41, 5.74) is 1.76. The number of alkyl halides is 3. The summed E-state index contributed by atoms with van der Waals surface area (Å²) in [5, 5.41) is 15.2. The van der Waals surface area contributed by atoms with E-state index >= 15 is 0 Å². The molecule has 2 N–H and O–H groups in total. The maximum atomic E-state index is 13.5. The summed E-state index contributed by atoms with van der Waals surface area (Å²) in [6.07, 6.45) is -1.12. The van der Waals surface area contributed by atoms with E-state index in [9.17, 15) is 13.2 Å². The number of rotatable bonds is 5. The van der Waals surface area contributed by atoms with Crippen molar-refractivity contribution in [3.8, 4) is 22.7 Å². The predicted octanol–water partition coefficient (Wildman–Crippen LogP) is 5.80. The molecule has 0 amide bonds. The van der Waals surface area contributed by atoms with E-state index in [0.717, 1.165) is 24.4 Å². The molecule has 0 aliphatic carbocycles. The van der Waals surface area contributed by atoms with E-state index in [2.05, 4.69) is 25.4 Å². The Morgan fingerprint density at radius 3 is 2.38 bits per heavy atom. The number of imidazole rings is 1. The number of aliphatic carboxylic acids is 1. The molecule has 202 valence electrons. The molecule has 0 fully saturated rings. The first-order chi connectivity index (χ1) is 18.4. The molecular weight excluding hydrogens is 539 g/mol. The van der Waals surface area contributed by atoms with Crippen LogP contribution in [0.1, 0.15) is 18.3 Å². The van der Waals surface area contributed by atoms with Crippen LogP contribution in [0.4, 0.5) is 24.8 Å². The van der Waals surface area contributed by atoms with Gasteiger partial charge in [-0.15, -0.1) is 5.10 Å². The fraction of sp³-hybridized carbons (Fsp3) is 0.160. The second-order valence-corrected chi connectivity index (χ2v) is 8.57. The topological polar surface area (TPSA) is 119 Å². The highest BCUT2D eigenvalue weighted by Gasteiger charge is 2.34. The molecule has 0 aliphatic heterocycles. The van der Waals surface area contributed by atoms with E-state index in [0.29, 0.717) is 22.0 Å². The number of carboxylic acids is 1. The standard InChI is InChI=1S/C23H17ClF3N7O.C2H4O2/c1-13-11-33(12-28-13)17-8-7-16(9-19(17)35-2)29-21-31-22-30-20(23(25,26)27)10-18(34(22)32-21)14-3-5-15(24)6-4-14;1-2(3)4/h3-12H,1-2H3,(H,29,32);1H3,(H,3,4). The zero-order chi connectivity index (χ0) is 28.3. The number of aromatic nitrogens is 6. The number of aryl methyl sites for hydroxylation is 1. The average molecular weight is 560 g/mol. The molecule has 10 nitrogen and oxygen atoms in total. The Morgan fingerprint density at radius 1 is 1.10 bits per heavy atom. The highest BCUT2D eigenvalue weighted by atomic mass is 35.5. The zero-order valence-electron chi connectivity index (χ0n) is 20.7. The molecule has 0 radical (unpaired) electrons. The van der Waals surface area contributed by atoms with Crippen LogP contribution < -0.4 is 10.1 Å². The summed E-state index contributed by atoms with van der Waals surface area (Å²) in [6, 6.07) is 12.6. The molecule has 2 aromatic carbocycles. The summed E-state index contributed by atoms with van der Waals surface area (Å²) >= 11 is 5.94. The van der Waals surface area contributed by atoms with Crippen molar-refractivity contribution < 1.29 is 27.8 Å². The quantitative estimate of drug-likeness (QED) is 0.277. The average Bonchev–Trinajstić information content (AvgIpc) is 3.48. The van der Waals surface area contributed by atoms with Crippen LogP contribution in [0.5, 0.6) is 5.75 Å². The first kappa shape index (κ1) is 27.4. The molecule has 0 saturated heterocycles. The van der Waals surface area contributed by atoms with Crippen molar-refractivity contribution in [3.05, 3.63) is 77.5 Å². The molecule has 0 saturated carbocycles. The number of halogens is 4. The van der Waals surface area contributed by atoms with Gasteiger partial charge >= 0.3 is 6.18 Å². The monoisotopic (exact) mass is 559 g/mol.